The number of benzene rings is 18. The van der Waals surface area contributed by atoms with Crippen LogP contribution < -0.4 is 0 Å². The third-order valence-electron chi connectivity index (χ3n) is 30.4. The van der Waals surface area contributed by atoms with Gasteiger partial charge in [0.1, 0.15) is 0 Å². The molecule has 0 saturated carbocycles. The Morgan fingerprint density at radius 2 is 0.477 bits per heavy atom. The van der Waals surface area contributed by atoms with Gasteiger partial charge < -0.3 is 0 Å². The summed E-state index contributed by atoms with van der Waals surface area (Å²) in [6, 6.07) is 171. The summed E-state index contributed by atoms with van der Waals surface area (Å²) in [6.45, 7) is 9.36. The van der Waals surface area contributed by atoms with Crippen molar-refractivity contribution >= 4 is 10.8 Å². The Hall–Kier alpha value is -19.1. The van der Waals surface area contributed by atoms with Crippen molar-refractivity contribution in [2.75, 3.05) is 0 Å². The zero-order chi connectivity index (χ0) is 99.7. The van der Waals surface area contributed by atoms with E-state index >= 15 is 0 Å². The van der Waals surface area contributed by atoms with Crippen LogP contribution in [-0.4, -0.2) is 44.9 Å². The van der Waals surface area contributed by atoms with E-state index in [0.29, 0.717) is 17.5 Å². The molecule has 0 fully saturated rings. The molecule has 0 atom stereocenters. The van der Waals surface area contributed by atoms with Crippen molar-refractivity contribution < 1.29 is 0 Å². The molecule has 9 heteroatoms. The van der Waals surface area contributed by atoms with Crippen molar-refractivity contribution in [3.05, 3.63) is 561 Å². The molecule has 0 bridgehead atoms. The molecule has 6 heterocycles. The van der Waals surface area contributed by atoms with E-state index in [-0.39, 0.29) is 16.2 Å². The Bertz CT molecular complexity index is 9230. The van der Waals surface area contributed by atoms with E-state index in [1.54, 1.807) is 12.4 Å². The van der Waals surface area contributed by atoms with Gasteiger partial charge in [0, 0.05) is 98.1 Å². The first-order valence-corrected chi connectivity index (χ1v) is 50.9. The van der Waals surface area contributed by atoms with Crippen molar-refractivity contribution in [3.63, 3.8) is 0 Å². The number of hydrogen-bond donors (Lipinski definition) is 0. The van der Waals surface area contributed by atoms with Gasteiger partial charge in [-0.2, -0.15) is 0 Å². The average Bonchev–Trinajstić information content (AvgIpc) is 1.50. The van der Waals surface area contributed by atoms with Gasteiger partial charge in [0.05, 0.1) is 39.6 Å². The van der Waals surface area contributed by atoms with Crippen LogP contribution in [0.1, 0.15) is 72.2 Å². The molecule has 0 aliphatic heterocycles. The molecule has 0 radical (unpaired) electrons. The van der Waals surface area contributed by atoms with Gasteiger partial charge in [-0.15, -0.1) is 0 Å². The Kier molecular flexibility index (Phi) is 22.7. The molecule has 28 rings (SSSR count). The predicted molar refractivity (Wildman–Crippen MR) is 610 cm³/mol. The van der Waals surface area contributed by atoms with Crippen LogP contribution in [0.4, 0.5) is 0 Å². The van der Waals surface area contributed by atoms with Crippen LogP contribution in [0.3, 0.4) is 0 Å². The first kappa shape index (κ1) is 90.0. The molecule has 18 aromatic carbocycles. The molecule has 9 nitrogen and oxygen atoms in total. The number of nitrogens with zero attached hydrogens (tertiary/aromatic N) is 9. The minimum atomic E-state index is -0.367. The molecule has 0 unspecified atom stereocenters. The van der Waals surface area contributed by atoms with Crippen LogP contribution in [0, 0.1) is 0 Å². The lowest BCUT2D eigenvalue weighted by Gasteiger charge is -2.30. The van der Waals surface area contributed by atoms with Crippen molar-refractivity contribution in [3.8, 4) is 213 Å². The van der Waals surface area contributed by atoms with Gasteiger partial charge in [0.25, 0.3) is 0 Å². The fourth-order valence-electron chi connectivity index (χ4n) is 23.2. The summed E-state index contributed by atoms with van der Waals surface area (Å²) < 4.78 is 0. The van der Waals surface area contributed by atoms with Gasteiger partial charge in [-0.25, -0.2) is 29.9 Å². The molecular formula is C140H97N9. The van der Waals surface area contributed by atoms with Crippen LogP contribution in [0.5, 0.6) is 0 Å². The minimum absolute atomic E-state index is 0.0280. The highest BCUT2D eigenvalue weighted by Gasteiger charge is 2.52. The molecule has 4 aliphatic carbocycles. The lowest BCUT2D eigenvalue weighted by Crippen LogP contribution is -2.25. The van der Waals surface area contributed by atoms with E-state index in [0.717, 1.165) is 118 Å². The van der Waals surface area contributed by atoms with Crippen LogP contribution in [-0.2, 0) is 16.2 Å². The molecule has 702 valence electrons. The summed E-state index contributed by atoms with van der Waals surface area (Å²) in [7, 11) is 0. The maximum Gasteiger partial charge on any atom is 0.160 e. The third kappa shape index (κ3) is 16.2. The summed E-state index contributed by atoms with van der Waals surface area (Å²) in [5.74, 6) is 2.06. The van der Waals surface area contributed by atoms with E-state index in [1.165, 1.54) is 133 Å². The largest absolute Gasteiger partial charge is 0.265 e. The van der Waals surface area contributed by atoms with E-state index in [9.17, 15) is 0 Å². The summed E-state index contributed by atoms with van der Waals surface area (Å²) >= 11 is 0. The van der Waals surface area contributed by atoms with Crippen molar-refractivity contribution in [2.24, 2.45) is 0 Å². The molecule has 6 aromatic heterocycles. The van der Waals surface area contributed by atoms with Gasteiger partial charge in [-0.05, 0) is 245 Å². The van der Waals surface area contributed by atoms with Crippen LogP contribution in [0.2, 0.25) is 0 Å². The molecule has 1 spiro atoms. The quantitative estimate of drug-likeness (QED) is 0.0989. The predicted octanol–water partition coefficient (Wildman–Crippen LogP) is 34.7. The summed E-state index contributed by atoms with van der Waals surface area (Å²) in [4.78, 5) is 43.5. The number of pyridine rings is 3. The summed E-state index contributed by atoms with van der Waals surface area (Å²) in [5, 5.41) is 2.63. The molecule has 149 heavy (non-hydrogen) atoms. The number of rotatable bonds is 15. The minimum Gasteiger partial charge on any atom is -0.265 e. The second-order valence-corrected chi connectivity index (χ2v) is 39.8. The Labute approximate surface area is 867 Å². The molecule has 0 amide bonds. The van der Waals surface area contributed by atoms with Crippen LogP contribution in [0.25, 0.3) is 224 Å². The van der Waals surface area contributed by atoms with E-state index in [2.05, 4.69) is 467 Å². The fourth-order valence-corrected chi connectivity index (χ4v) is 23.2. The first-order chi connectivity index (χ1) is 73.4. The standard InChI is InChI=1S/C52H33N3.C46H33N3.C42H31N3/c1-2-12-34(13-3-1)38-14-10-15-39(32-38)51-54-48(33-49(55-51)37-28-30-53-31-29-37)36-26-24-35(25-27-36)40-19-11-23-47-50(40)43-18-6-9-22-46(43)52(47)44-20-7-4-16-41(44)42-17-5-8-21-45(42)52;1-46(2)41-24-22-35(27-40(41)39-23-21-32-12-6-7-16-38(32)44(39)46)31-17-19-33(20-18-31)42-28-43(37-15-9-25-47-29-37)49-45(48-42)36-14-8-13-34(26-36)30-10-4-3-5-11-30;1-42(2)36-18-7-6-16-35(36)40-34(17-9-19-37(40)42)29-20-22-30(23-21-29)38-26-39(33-15-10-24-43-27-33)45-41(44-38)32-14-8-13-31(25-32)28-11-4-3-5-12-28/h1-33H;3-29H,1-2H3;3-27H,1-2H3. The van der Waals surface area contributed by atoms with Gasteiger partial charge in [0.15, 0.2) is 17.5 Å². The van der Waals surface area contributed by atoms with Crippen molar-refractivity contribution in [2.45, 2.75) is 43.9 Å². The number of aromatic nitrogens is 9. The molecule has 0 N–H and O–H groups in total. The highest BCUT2D eigenvalue weighted by atomic mass is 14.9. The summed E-state index contributed by atoms with van der Waals surface area (Å²) in [5.41, 5.74) is 49.3. The average molecular weight is 1910 g/mol. The fraction of sp³-hybridized carbons (Fsp3) is 0.0500. The first-order valence-electron chi connectivity index (χ1n) is 50.9. The van der Waals surface area contributed by atoms with Gasteiger partial charge >= 0.3 is 0 Å². The molecular weight excluding hydrogens is 1810 g/mol. The normalized spacial score (nSPS) is 12.9. The highest BCUT2D eigenvalue weighted by Crippen LogP contribution is 2.65. The SMILES string of the molecule is CC1(C)c2ccc(-c3ccc(-c4cc(-c5cccnc5)nc(-c5cccc(-c6ccccc6)c5)n4)cc3)cc2-c2ccc3ccccc3c21.CC1(C)c2ccccc2-c2c(-c3ccc(-c4cc(-c5cccnc5)nc(-c5cccc(-c6ccccc6)c5)n4)cc3)cccc21.c1ccc(-c2cccc(-c3nc(-c4ccncc4)cc(-c4ccc(-c5cccc6c5-c5ccccc5C65c6ccccc6-c6ccccc65)cc4)n3)c2)cc1. The topological polar surface area (TPSA) is 116 Å². The molecule has 24 aromatic rings. The second kappa shape index (κ2) is 37.6. The van der Waals surface area contributed by atoms with E-state index in [1.807, 2.05) is 79.4 Å². The van der Waals surface area contributed by atoms with Crippen LogP contribution >= 0.6 is 0 Å². The lowest BCUT2D eigenvalue weighted by atomic mass is 9.70. The monoisotopic (exact) mass is 1900 g/mol. The van der Waals surface area contributed by atoms with Gasteiger partial charge in [-0.3, -0.25) is 15.0 Å². The third-order valence-corrected chi connectivity index (χ3v) is 30.4. The zero-order valence-electron chi connectivity index (χ0n) is 82.6. The Morgan fingerprint density at radius 3 is 0.940 bits per heavy atom. The van der Waals surface area contributed by atoms with Crippen molar-refractivity contribution in [1.29, 1.82) is 0 Å². The second-order valence-electron chi connectivity index (χ2n) is 39.8. The lowest BCUT2D eigenvalue weighted by molar-refractivity contribution is 0.660. The van der Waals surface area contributed by atoms with E-state index in [4.69, 9.17) is 29.9 Å². The van der Waals surface area contributed by atoms with Crippen molar-refractivity contribution in [1.82, 2.24) is 44.9 Å². The Balaban J connectivity index is 0.000000114. The van der Waals surface area contributed by atoms with Gasteiger partial charge in [-0.1, -0.05) is 428 Å². The number of fused-ring (bicyclic) bond motifs is 18. The highest BCUT2D eigenvalue weighted by molar-refractivity contribution is 6.02. The molecule has 0 saturated heterocycles. The Morgan fingerprint density at radius 1 is 0.161 bits per heavy atom. The van der Waals surface area contributed by atoms with E-state index < -0.39 is 0 Å². The maximum atomic E-state index is 5.19. The smallest absolute Gasteiger partial charge is 0.160 e. The number of hydrogen-bond acceptors (Lipinski definition) is 9. The van der Waals surface area contributed by atoms with Gasteiger partial charge in [0.2, 0.25) is 0 Å². The zero-order valence-corrected chi connectivity index (χ0v) is 82.6. The maximum absolute atomic E-state index is 5.19. The molecule has 4 aliphatic rings. The summed E-state index contributed by atoms with van der Waals surface area (Å²) in [6.07, 6.45) is 10.9. The van der Waals surface area contributed by atoms with Crippen LogP contribution in [0.15, 0.2) is 516 Å².